The molecule has 0 aromatic carbocycles. The third-order valence-corrected chi connectivity index (χ3v) is 1.63. The second-order valence-electron chi connectivity index (χ2n) is 3.96. The Labute approximate surface area is 79.1 Å². The molecule has 0 aromatic heterocycles. The van der Waals surface area contributed by atoms with Gasteiger partial charge in [0.15, 0.2) is 0 Å². The normalized spacial score (nSPS) is 11.2. The van der Waals surface area contributed by atoms with Crippen molar-refractivity contribution < 1.29 is 4.79 Å². The van der Waals surface area contributed by atoms with E-state index in [2.05, 4.69) is 11.2 Å². The van der Waals surface area contributed by atoms with Crippen molar-refractivity contribution in [1.29, 1.82) is 5.26 Å². The molecule has 0 unspecified atom stereocenters. The molecule has 0 rings (SSSR count). The molecule has 0 saturated heterocycles. The summed E-state index contributed by atoms with van der Waals surface area (Å²) in [5.74, 6) is 2.08. The number of nitrogens with one attached hydrogen (secondary N) is 1. The van der Waals surface area contributed by atoms with Gasteiger partial charge in [-0.3, -0.25) is 4.79 Å². The molecule has 1 amide bonds. The number of hydrogen-bond donors (Lipinski definition) is 1. The molecule has 13 heavy (non-hydrogen) atoms. The summed E-state index contributed by atoms with van der Waals surface area (Å²) in [6, 6.07) is 1.91. The maximum atomic E-state index is 11.4. The van der Waals surface area contributed by atoms with Crippen LogP contribution in [0.4, 0.5) is 0 Å². The fourth-order valence-electron chi connectivity index (χ4n) is 0.527. The number of terminal acetylenes is 1. The Hall–Kier alpha value is -1.48. The van der Waals surface area contributed by atoms with Crippen LogP contribution < -0.4 is 5.32 Å². The minimum Gasteiger partial charge on any atom is -0.339 e. The van der Waals surface area contributed by atoms with Crippen molar-refractivity contribution in [3.63, 3.8) is 0 Å². The molecule has 70 valence electrons. The lowest BCUT2D eigenvalue weighted by molar-refractivity contribution is -0.127. The molecule has 0 atom stereocenters. The van der Waals surface area contributed by atoms with Crippen LogP contribution in [0.25, 0.3) is 0 Å². The Bertz CT molecular complexity index is 289. The van der Waals surface area contributed by atoms with Crippen LogP contribution >= 0.6 is 0 Å². The lowest BCUT2D eigenvalue weighted by Crippen LogP contribution is -2.47. The quantitative estimate of drug-likeness (QED) is 0.643. The standard InChI is InChI=1S/C10H14N2O/c1-6-10(4,5)12-8(13)9(2,3)7-11/h1H,2-5H3,(H,12,13). The van der Waals surface area contributed by atoms with Crippen LogP contribution in [-0.4, -0.2) is 11.4 Å². The van der Waals surface area contributed by atoms with Crippen LogP contribution in [0.2, 0.25) is 0 Å². The fraction of sp³-hybridized carbons (Fsp3) is 0.600. The van der Waals surface area contributed by atoms with Gasteiger partial charge < -0.3 is 5.32 Å². The number of hydrogen-bond acceptors (Lipinski definition) is 2. The van der Waals surface area contributed by atoms with Gasteiger partial charge in [0.05, 0.1) is 11.6 Å². The van der Waals surface area contributed by atoms with E-state index in [1.165, 1.54) is 0 Å². The van der Waals surface area contributed by atoms with Crippen molar-refractivity contribution in [2.45, 2.75) is 33.2 Å². The summed E-state index contributed by atoms with van der Waals surface area (Å²) in [6.07, 6.45) is 5.19. The summed E-state index contributed by atoms with van der Waals surface area (Å²) < 4.78 is 0. The van der Waals surface area contributed by atoms with Gasteiger partial charge in [-0.1, -0.05) is 5.92 Å². The predicted octanol–water partition coefficient (Wildman–Crippen LogP) is 1.06. The summed E-state index contributed by atoms with van der Waals surface area (Å²) in [7, 11) is 0. The topological polar surface area (TPSA) is 52.9 Å². The molecule has 0 aliphatic rings. The first-order chi connectivity index (χ1) is 5.75. The lowest BCUT2D eigenvalue weighted by Gasteiger charge is -2.24. The number of carbonyl (C=O) groups is 1. The zero-order valence-corrected chi connectivity index (χ0v) is 8.43. The molecular formula is C10H14N2O. The summed E-state index contributed by atoms with van der Waals surface area (Å²) >= 11 is 0. The molecular weight excluding hydrogens is 164 g/mol. The zero-order chi connectivity index (χ0) is 10.7. The van der Waals surface area contributed by atoms with Crippen molar-refractivity contribution in [3.8, 4) is 18.4 Å². The van der Waals surface area contributed by atoms with E-state index in [4.69, 9.17) is 11.7 Å². The largest absolute Gasteiger partial charge is 0.339 e. The van der Waals surface area contributed by atoms with Crippen LogP contribution in [0, 0.1) is 29.1 Å². The molecule has 0 aliphatic heterocycles. The Balaban J connectivity index is 4.55. The van der Waals surface area contributed by atoms with Crippen LogP contribution in [0.5, 0.6) is 0 Å². The maximum absolute atomic E-state index is 11.4. The van der Waals surface area contributed by atoms with Crippen LogP contribution in [0.1, 0.15) is 27.7 Å². The van der Waals surface area contributed by atoms with E-state index >= 15 is 0 Å². The summed E-state index contributed by atoms with van der Waals surface area (Å²) in [6.45, 7) is 6.51. The average molecular weight is 178 g/mol. The van der Waals surface area contributed by atoms with E-state index in [-0.39, 0.29) is 5.91 Å². The molecule has 3 nitrogen and oxygen atoms in total. The number of nitrogens with zero attached hydrogens (tertiary/aromatic N) is 1. The third-order valence-electron chi connectivity index (χ3n) is 1.63. The smallest absolute Gasteiger partial charge is 0.241 e. The molecule has 0 aromatic rings. The summed E-state index contributed by atoms with van der Waals surface area (Å²) in [5, 5.41) is 11.3. The second-order valence-corrected chi connectivity index (χ2v) is 3.96. The third kappa shape index (κ3) is 3.17. The number of amides is 1. The molecule has 0 heterocycles. The molecule has 0 fully saturated rings. The maximum Gasteiger partial charge on any atom is 0.241 e. The summed E-state index contributed by atoms with van der Waals surface area (Å²) in [4.78, 5) is 11.4. The van der Waals surface area contributed by atoms with Crippen LogP contribution in [0.3, 0.4) is 0 Å². The van der Waals surface area contributed by atoms with Gasteiger partial charge in [-0.2, -0.15) is 5.26 Å². The van der Waals surface area contributed by atoms with Crippen molar-refractivity contribution in [2.75, 3.05) is 0 Å². The van der Waals surface area contributed by atoms with Crippen molar-refractivity contribution in [3.05, 3.63) is 0 Å². The highest BCUT2D eigenvalue weighted by Gasteiger charge is 2.30. The van der Waals surface area contributed by atoms with Gasteiger partial charge in [0.25, 0.3) is 0 Å². The molecule has 0 radical (unpaired) electrons. The highest BCUT2D eigenvalue weighted by molar-refractivity contribution is 5.85. The van der Waals surface area contributed by atoms with E-state index in [0.717, 1.165) is 0 Å². The average Bonchev–Trinajstić information content (AvgIpc) is 2.04. The first-order valence-electron chi connectivity index (χ1n) is 3.97. The minimum absolute atomic E-state index is 0.349. The molecule has 0 saturated carbocycles. The van der Waals surface area contributed by atoms with Gasteiger partial charge in [-0.05, 0) is 27.7 Å². The Morgan fingerprint density at radius 1 is 1.38 bits per heavy atom. The highest BCUT2D eigenvalue weighted by Crippen LogP contribution is 2.14. The monoisotopic (exact) mass is 178 g/mol. The van der Waals surface area contributed by atoms with E-state index in [0.29, 0.717) is 0 Å². The first kappa shape index (κ1) is 11.5. The number of nitriles is 1. The van der Waals surface area contributed by atoms with Gasteiger partial charge in [0.1, 0.15) is 5.41 Å². The molecule has 3 heteroatoms. The van der Waals surface area contributed by atoms with Crippen molar-refractivity contribution in [1.82, 2.24) is 5.32 Å². The lowest BCUT2D eigenvalue weighted by atomic mass is 9.93. The predicted molar refractivity (Wildman–Crippen MR) is 50.4 cm³/mol. The number of rotatable bonds is 2. The first-order valence-corrected chi connectivity index (χ1v) is 3.97. The van der Waals surface area contributed by atoms with E-state index in [1.807, 2.05) is 6.07 Å². The Morgan fingerprint density at radius 2 is 1.85 bits per heavy atom. The van der Waals surface area contributed by atoms with Gasteiger partial charge in [-0.25, -0.2) is 0 Å². The molecule has 0 spiro atoms. The second kappa shape index (κ2) is 3.49. The van der Waals surface area contributed by atoms with E-state index in [1.54, 1.807) is 27.7 Å². The Morgan fingerprint density at radius 3 is 2.15 bits per heavy atom. The van der Waals surface area contributed by atoms with E-state index < -0.39 is 11.0 Å². The molecule has 1 N–H and O–H groups in total. The SMILES string of the molecule is C#CC(C)(C)NC(=O)C(C)(C)C#N. The van der Waals surface area contributed by atoms with Gasteiger partial charge in [-0.15, -0.1) is 6.42 Å². The highest BCUT2D eigenvalue weighted by atomic mass is 16.2. The van der Waals surface area contributed by atoms with E-state index in [9.17, 15) is 4.79 Å². The van der Waals surface area contributed by atoms with Gasteiger partial charge in [0, 0.05) is 0 Å². The van der Waals surface area contributed by atoms with Crippen molar-refractivity contribution >= 4 is 5.91 Å². The minimum atomic E-state index is -1.03. The zero-order valence-electron chi connectivity index (χ0n) is 8.43. The van der Waals surface area contributed by atoms with Gasteiger partial charge in [0.2, 0.25) is 5.91 Å². The van der Waals surface area contributed by atoms with Crippen LogP contribution in [-0.2, 0) is 4.79 Å². The van der Waals surface area contributed by atoms with Gasteiger partial charge >= 0.3 is 0 Å². The number of carbonyl (C=O) groups excluding carboxylic acids is 1. The van der Waals surface area contributed by atoms with Crippen molar-refractivity contribution in [2.24, 2.45) is 5.41 Å². The van der Waals surface area contributed by atoms with Crippen LogP contribution in [0.15, 0.2) is 0 Å². The molecule has 0 aliphatic carbocycles. The Kier molecular flexibility index (Phi) is 3.10. The fourth-order valence-corrected chi connectivity index (χ4v) is 0.527. The molecule has 0 bridgehead atoms. The summed E-state index contributed by atoms with van der Waals surface area (Å²) in [5.41, 5.74) is -1.74.